The number of ether oxygens (including phenoxy) is 1. The molecule has 0 spiro atoms. The van der Waals surface area contributed by atoms with Gasteiger partial charge in [-0.1, -0.05) is 13.8 Å². The van der Waals surface area contributed by atoms with E-state index in [4.69, 9.17) is 14.1 Å². The lowest BCUT2D eigenvalue weighted by Crippen LogP contribution is -2.54. The highest BCUT2D eigenvalue weighted by atomic mass is 16.5. The van der Waals surface area contributed by atoms with Gasteiger partial charge in [-0.25, -0.2) is 4.79 Å². The summed E-state index contributed by atoms with van der Waals surface area (Å²) in [5, 5.41) is 6.23. The van der Waals surface area contributed by atoms with E-state index in [1.165, 1.54) is 6.26 Å². The second kappa shape index (κ2) is 12.1. The molecule has 1 unspecified atom stereocenters. The zero-order valence-corrected chi connectivity index (χ0v) is 18.5. The lowest BCUT2D eigenvalue weighted by molar-refractivity contribution is 0.0657. The SMILES string of the molecule is CCNC(=NCC(CC(C)C)NC(=O)OCC)N1CCN(C(=O)c2ccco2)CC1. The van der Waals surface area contributed by atoms with Crippen LogP contribution in [0.15, 0.2) is 27.8 Å². The summed E-state index contributed by atoms with van der Waals surface area (Å²) in [6, 6.07) is 3.31. The van der Waals surface area contributed by atoms with E-state index in [-0.39, 0.29) is 11.9 Å². The maximum absolute atomic E-state index is 12.5. The van der Waals surface area contributed by atoms with Crippen molar-refractivity contribution < 1.29 is 18.7 Å². The smallest absolute Gasteiger partial charge is 0.407 e. The number of rotatable bonds is 8. The molecule has 1 aliphatic heterocycles. The Labute approximate surface area is 178 Å². The Kier molecular flexibility index (Phi) is 9.50. The molecular weight excluding hydrogens is 386 g/mol. The number of aliphatic imine (C=N–C) groups is 1. The molecule has 1 atom stereocenters. The van der Waals surface area contributed by atoms with Crippen LogP contribution in [0.2, 0.25) is 0 Å². The minimum atomic E-state index is -0.409. The van der Waals surface area contributed by atoms with Gasteiger partial charge in [0.05, 0.1) is 25.5 Å². The summed E-state index contributed by atoms with van der Waals surface area (Å²) < 4.78 is 10.2. The fourth-order valence-electron chi connectivity index (χ4n) is 3.39. The molecule has 1 aromatic heterocycles. The molecule has 2 amide bonds. The molecule has 2 N–H and O–H groups in total. The number of furan rings is 1. The van der Waals surface area contributed by atoms with Gasteiger partial charge in [-0.15, -0.1) is 0 Å². The number of amides is 2. The van der Waals surface area contributed by atoms with Gasteiger partial charge in [0.25, 0.3) is 5.91 Å². The monoisotopic (exact) mass is 421 g/mol. The van der Waals surface area contributed by atoms with Crippen molar-refractivity contribution in [3.05, 3.63) is 24.2 Å². The van der Waals surface area contributed by atoms with Gasteiger partial charge < -0.3 is 29.6 Å². The lowest BCUT2D eigenvalue weighted by Gasteiger charge is -2.36. The van der Waals surface area contributed by atoms with E-state index in [9.17, 15) is 9.59 Å². The van der Waals surface area contributed by atoms with Gasteiger partial charge in [0, 0.05) is 32.7 Å². The van der Waals surface area contributed by atoms with Gasteiger partial charge in [-0.05, 0) is 38.3 Å². The standard InChI is InChI=1S/C21H35N5O4/c1-5-22-20(23-15-17(14-16(3)4)24-21(28)29-6-2)26-11-9-25(10-12-26)19(27)18-8-7-13-30-18/h7-8,13,16-17H,5-6,9-12,14-15H2,1-4H3,(H,22,23)(H,24,28). The minimum Gasteiger partial charge on any atom is -0.459 e. The summed E-state index contributed by atoms with van der Waals surface area (Å²) in [6.45, 7) is 12.1. The molecule has 1 aliphatic rings. The zero-order valence-electron chi connectivity index (χ0n) is 18.5. The van der Waals surface area contributed by atoms with Crippen LogP contribution in [0.4, 0.5) is 4.79 Å². The van der Waals surface area contributed by atoms with Crippen LogP contribution in [0.5, 0.6) is 0 Å². The van der Waals surface area contributed by atoms with Crippen molar-refractivity contribution in [3.8, 4) is 0 Å². The Morgan fingerprint density at radius 1 is 1.20 bits per heavy atom. The second-order valence-corrected chi connectivity index (χ2v) is 7.64. The van der Waals surface area contributed by atoms with E-state index < -0.39 is 6.09 Å². The zero-order chi connectivity index (χ0) is 21.9. The third kappa shape index (κ3) is 7.27. The third-order valence-electron chi connectivity index (χ3n) is 4.75. The van der Waals surface area contributed by atoms with Crippen molar-refractivity contribution in [1.29, 1.82) is 0 Å². The molecule has 9 heteroatoms. The van der Waals surface area contributed by atoms with Crippen LogP contribution in [0.3, 0.4) is 0 Å². The van der Waals surface area contributed by atoms with Crippen LogP contribution in [0.25, 0.3) is 0 Å². The fourth-order valence-corrected chi connectivity index (χ4v) is 3.39. The van der Waals surface area contributed by atoms with Gasteiger partial charge in [-0.2, -0.15) is 0 Å². The largest absolute Gasteiger partial charge is 0.459 e. The lowest BCUT2D eigenvalue weighted by atomic mass is 10.0. The van der Waals surface area contributed by atoms with Crippen molar-refractivity contribution in [2.45, 2.75) is 40.2 Å². The normalized spacial score (nSPS) is 15.8. The van der Waals surface area contributed by atoms with Gasteiger partial charge >= 0.3 is 6.09 Å². The molecule has 1 saturated heterocycles. The van der Waals surface area contributed by atoms with E-state index in [2.05, 4.69) is 29.4 Å². The first kappa shape index (κ1) is 23.6. The first-order valence-electron chi connectivity index (χ1n) is 10.7. The first-order valence-corrected chi connectivity index (χ1v) is 10.7. The van der Waals surface area contributed by atoms with E-state index in [1.54, 1.807) is 24.0 Å². The predicted molar refractivity (Wildman–Crippen MR) is 116 cm³/mol. The topological polar surface area (TPSA) is 99.4 Å². The first-order chi connectivity index (χ1) is 14.4. The van der Waals surface area contributed by atoms with E-state index in [0.717, 1.165) is 18.9 Å². The molecule has 168 valence electrons. The molecule has 0 bridgehead atoms. The molecule has 0 aromatic carbocycles. The van der Waals surface area contributed by atoms with Crippen LogP contribution in [-0.4, -0.2) is 79.7 Å². The number of carbonyl (C=O) groups is 2. The van der Waals surface area contributed by atoms with Crippen molar-refractivity contribution in [2.24, 2.45) is 10.9 Å². The highest BCUT2D eigenvalue weighted by molar-refractivity contribution is 5.91. The number of carbonyl (C=O) groups excluding carboxylic acids is 2. The average Bonchev–Trinajstić information content (AvgIpc) is 3.25. The number of piperazine rings is 1. The minimum absolute atomic E-state index is 0.0859. The third-order valence-corrected chi connectivity index (χ3v) is 4.75. The molecule has 30 heavy (non-hydrogen) atoms. The summed E-state index contributed by atoms with van der Waals surface area (Å²) >= 11 is 0. The Balaban J connectivity index is 1.96. The van der Waals surface area contributed by atoms with Gasteiger partial charge in [0.15, 0.2) is 11.7 Å². The molecule has 9 nitrogen and oxygen atoms in total. The summed E-state index contributed by atoms with van der Waals surface area (Å²) in [6.07, 6.45) is 1.91. The highest BCUT2D eigenvalue weighted by Crippen LogP contribution is 2.10. The van der Waals surface area contributed by atoms with Gasteiger partial charge in [0.1, 0.15) is 0 Å². The van der Waals surface area contributed by atoms with Crippen LogP contribution in [-0.2, 0) is 4.74 Å². The van der Waals surface area contributed by atoms with E-state index >= 15 is 0 Å². The molecule has 1 fully saturated rings. The number of alkyl carbamates (subject to hydrolysis) is 1. The average molecular weight is 422 g/mol. The maximum atomic E-state index is 12.5. The number of nitrogens with one attached hydrogen (secondary N) is 2. The van der Waals surface area contributed by atoms with Crippen molar-refractivity contribution in [3.63, 3.8) is 0 Å². The Bertz CT molecular complexity index is 682. The summed E-state index contributed by atoms with van der Waals surface area (Å²) in [4.78, 5) is 33.0. The number of hydrogen-bond donors (Lipinski definition) is 2. The predicted octanol–water partition coefficient (Wildman–Crippen LogP) is 2.16. The molecule has 0 aliphatic carbocycles. The Hall–Kier alpha value is -2.71. The van der Waals surface area contributed by atoms with Crippen molar-refractivity contribution >= 4 is 18.0 Å². The molecule has 2 heterocycles. The Morgan fingerprint density at radius 3 is 2.47 bits per heavy atom. The summed E-state index contributed by atoms with van der Waals surface area (Å²) in [5.41, 5.74) is 0. The molecule has 1 aromatic rings. The van der Waals surface area contributed by atoms with Crippen LogP contribution in [0, 0.1) is 5.92 Å². The highest BCUT2D eigenvalue weighted by Gasteiger charge is 2.25. The fraction of sp³-hybridized carbons (Fsp3) is 0.667. The second-order valence-electron chi connectivity index (χ2n) is 7.64. The van der Waals surface area contributed by atoms with Crippen molar-refractivity contribution in [2.75, 3.05) is 45.9 Å². The molecule has 2 rings (SSSR count). The molecular formula is C21H35N5O4. The maximum Gasteiger partial charge on any atom is 0.407 e. The Morgan fingerprint density at radius 2 is 1.90 bits per heavy atom. The summed E-state index contributed by atoms with van der Waals surface area (Å²) in [5.74, 6) is 1.50. The van der Waals surface area contributed by atoms with Crippen LogP contribution >= 0.6 is 0 Å². The van der Waals surface area contributed by atoms with E-state index in [1.807, 2.05) is 6.92 Å². The van der Waals surface area contributed by atoms with E-state index in [0.29, 0.717) is 51.0 Å². The van der Waals surface area contributed by atoms with Crippen molar-refractivity contribution in [1.82, 2.24) is 20.4 Å². The van der Waals surface area contributed by atoms with Gasteiger partial charge in [-0.3, -0.25) is 9.79 Å². The van der Waals surface area contributed by atoms with Crippen LogP contribution in [0.1, 0.15) is 44.7 Å². The molecule has 0 radical (unpaired) electrons. The quantitative estimate of drug-likeness (QED) is 0.493. The molecule has 0 saturated carbocycles. The number of guanidine groups is 1. The van der Waals surface area contributed by atoms with Crippen LogP contribution < -0.4 is 10.6 Å². The number of hydrogen-bond acceptors (Lipinski definition) is 5. The van der Waals surface area contributed by atoms with Gasteiger partial charge in [0.2, 0.25) is 0 Å². The number of nitrogens with zero attached hydrogens (tertiary/aromatic N) is 3. The summed E-state index contributed by atoms with van der Waals surface area (Å²) in [7, 11) is 0.